The van der Waals surface area contributed by atoms with E-state index in [1.807, 2.05) is 0 Å². The first kappa shape index (κ1) is 16.6. The lowest BCUT2D eigenvalue weighted by Gasteiger charge is -2.10. The first-order chi connectivity index (χ1) is 9.01. The molecule has 1 atom stereocenters. The second kappa shape index (κ2) is 9.63. The summed E-state index contributed by atoms with van der Waals surface area (Å²) in [7, 11) is 0. The Morgan fingerprint density at radius 1 is 1.63 bits per heavy atom. The summed E-state index contributed by atoms with van der Waals surface area (Å²) < 4.78 is 0. The minimum atomic E-state index is -0.616. The molecule has 9 heteroatoms. The van der Waals surface area contributed by atoms with Gasteiger partial charge in [-0.05, 0) is 18.0 Å². The second-order valence-electron chi connectivity index (χ2n) is 3.67. The molecular formula is C10H18N8O. The number of aliphatic imine (C=N–C) groups is 1. The summed E-state index contributed by atoms with van der Waals surface area (Å²) >= 11 is 0. The van der Waals surface area contributed by atoms with Gasteiger partial charge in [-0.15, -0.1) is 0 Å². The van der Waals surface area contributed by atoms with Gasteiger partial charge in [0.1, 0.15) is 0 Å². The van der Waals surface area contributed by atoms with E-state index in [9.17, 15) is 4.79 Å². The molecule has 0 rings (SSSR count). The van der Waals surface area contributed by atoms with Gasteiger partial charge in [0.05, 0.1) is 25.7 Å². The molecular weight excluding hydrogens is 248 g/mol. The average molecular weight is 266 g/mol. The fourth-order valence-corrected chi connectivity index (χ4v) is 1.02. The highest BCUT2D eigenvalue weighted by atomic mass is 16.1. The number of nitrogens with two attached hydrogens (primary N) is 2. The number of carbonyl (C=O) groups excluding carboxylic acids is 1. The smallest absolute Gasteiger partial charge is 0.226 e. The van der Waals surface area contributed by atoms with Crippen LogP contribution in [0.5, 0.6) is 0 Å². The van der Waals surface area contributed by atoms with Gasteiger partial charge >= 0.3 is 0 Å². The molecule has 6 N–H and O–H groups in total. The fourth-order valence-electron chi connectivity index (χ4n) is 1.02. The Hall–Kier alpha value is -2.38. The van der Waals surface area contributed by atoms with E-state index < -0.39 is 6.17 Å². The largest absolute Gasteiger partial charge is 0.402 e. The maximum Gasteiger partial charge on any atom is 0.226 e. The highest BCUT2D eigenvalue weighted by molar-refractivity contribution is 5.88. The van der Waals surface area contributed by atoms with Gasteiger partial charge in [0, 0.05) is 23.0 Å². The maximum absolute atomic E-state index is 11.1. The van der Waals surface area contributed by atoms with Crippen molar-refractivity contribution in [3.8, 4) is 0 Å². The van der Waals surface area contributed by atoms with E-state index in [0.29, 0.717) is 11.3 Å². The standard InChI is InChI=1S/C10H18N8O/c1-7(8(12)5-16-18-14)4-15-6-9(13)17-10(19)2-3-11/h3-4,9,11H,2,5-6,12-13H2,1H3,(H,17,19). The summed E-state index contributed by atoms with van der Waals surface area (Å²) in [5.74, 6) is -0.326. The molecule has 0 aliphatic rings. The van der Waals surface area contributed by atoms with E-state index in [0.717, 1.165) is 6.21 Å². The molecule has 19 heavy (non-hydrogen) atoms. The topological polar surface area (TPSA) is 166 Å². The Morgan fingerprint density at radius 2 is 2.32 bits per heavy atom. The molecule has 104 valence electrons. The predicted molar refractivity (Wildman–Crippen MR) is 73.8 cm³/mol. The quantitative estimate of drug-likeness (QED) is 0.160. The van der Waals surface area contributed by atoms with Crippen molar-refractivity contribution in [3.63, 3.8) is 0 Å². The number of allylic oxidation sites excluding steroid dienone is 1. The van der Waals surface area contributed by atoms with Crippen molar-refractivity contribution in [1.29, 1.82) is 5.41 Å². The van der Waals surface area contributed by atoms with Gasteiger partial charge in [-0.25, -0.2) is 0 Å². The third-order valence-corrected chi connectivity index (χ3v) is 2.03. The first-order valence-corrected chi connectivity index (χ1v) is 5.51. The highest BCUT2D eigenvalue weighted by Gasteiger charge is 2.04. The van der Waals surface area contributed by atoms with Crippen LogP contribution in [0.4, 0.5) is 0 Å². The molecule has 0 heterocycles. The zero-order chi connectivity index (χ0) is 14.7. The van der Waals surface area contributed by atoms with Crippen molar-refractivity contribution < 1.29 is 4.79 Å². The number of hydrogen-bond acceptors (Lipinski definition) is 6. The van der Waals surface area contributed by atoms with Crippen LogP contribution in [0.15, 0.2) is 21.4 Å². The molecule has 0 aliphatic heterocycles. The van der Waals surface area contributed by atoms with Gasteiger partial charge in [0.2, 0.25) is 5.91 Å². The van der Waals surface area contributed by atoms with Gasteiger partial charge in [-0.2, -0.15) is 0 Å². The van der Waals surface area contributed by atoms with Crippen LogP contribution < -0.4 is 16.8 Å². The van der Waals surface area contributed by atoms with Crippen molar-refractivity contribution in [2.45, 2.75) is 19.5 Å². The van der Waals surface area contributed by atoms with E-state index in [2.05, 4.69) is 20.3 Å². The monoisotopic (exact) mass is 266 g/mol. The molecule has 9 nitrogen and oxygen atoms in total. The Bertz CT molecular complexity index is 421. The third-order valence-electron chi connectivity index (χ3n) is 2.03. The van der Waals surface area contributed by atoms with E-state index >= 15 is 0 Å². The number of nitrogens with zero attached hydrogens (tertiary/aromatic N) is 4. The van der Waals surface area contributed by atoms with Gasteiger partial charge in [0.25, 0.3) is 0 Å². The van der Waals surface area contributed by atoms with Gasteiger partial charge in [0.15, 0.2) is 0 Å². The number of nitrogens with one attached hydrogen (secondary N) is 2. The molecule has 0 saturated heterocycles. The highest BCUT2D eigenvalue weighted by Crippen LogP contribution is 1.95. The van der Waals surface area contributed by atoms with Crippen LogP contribution in [0.25, 0.3) is 10.4 Å². The van der Waals surface area contributed by atoms with Crippen molar-refractivity contribution in [3.05, 3.63) is 21.7 Å². The molecule has 0 aromatic rings. The van der Waals surface area contributed by atoms with E-state index in [1.54, 1.807) is 6.92 Å². The van der Waals surface area contributed by atoms with Gasteiger partial charge in [-0.1, -0.05) is 5.11 Å². The zero-order valence-electron chi connectivity index (χ0n) is 10.7. The Morgan fingerprint density at radius 3 is 2.89 bits per heavy atom. The molecule has 0 aliphatic carbocycles. The van der Waals surface area contributed by atoms with Crippen molar-refractivity contribution in [2.75, 3.05) is 13.1 Å². The SMILES string of the molecule is CC(C=NCC(N)NC(=O)CC=N)=C(N)CN=[N+]=[N-]. The van der Waals surface area contributed by atoms with Gasteiger partial charge < -0.3 is 22.2 Å². The Kier molecular flexibility index (Phi) is 8.42. The summed E-state index contributed by atoms with van der Waals surface area (Å²) in [6.07, 6.45) is 1.88. The van der Waals surface area contributed by atoms with E-state index in [-0.39, 0.29) is 25.4 Å². The fraction of sp³-hybridized carbons (Fsp3) is 0.500. The van der Waals surface area contributed by atoms with Crippen molar-refractivity contribution in [2.24, 2.45) is 21.6 Å². The number of rotatable bonds is 8. The zero-order valence-corrected chi connectivity index (χ0v) is 10.7. The van der Waals surface area contributed by atoms with Crippen LogP contribution in [-0.2, 0) is 4.79 Å². The van der Waals surface area contributed by atoms with Crippen LogP contribution in [0.2, 0.25) is 0 Å². The molecule has 0 radical (unpaired) electrons. The van der Waals surface area contributed by atoms with Gasteiger partial charge in [-0.3, -0.25) is 9.79 Å². The van der Waals surface area contributed by atoms with Crippen molar-refractivity contribution >= 4 is 18.3 Å². The third kappa shape index (κ3) is 8.36. The molecule has 1 unspecified atom stereocenters. The number of azide groups is 1. The molecule has 0 spiro atoms. The predicted octanol–water partition coefficient (Wildman–Crippen LogP) is 0.0409. The lowest BCUT2D eigenvalue weighted by atomic mass is 10.2. The van der Waals surface area contributed by atoms with Crippen molar-refractivity contribution in [1.82, 2.24) is 5.32 Å². The normalized spacial score (nSPS) is 13.4. The summed E-state index contributed by atoms with van der Waals surface area (Å²) in [4.78, 5) is 17.7. The molecule has 0 bridgehead atoms. The Labute approximate surface area is 110 Å². The molecule has 0 aromatic heterocycles. The molecule has 0 fully saturated rings. The summed E-state index contributed by atoms with van der Waals surface area (Å²) in [5.41, 5.74) is 20.5. The van der Waals surface area contributed by atoms with Crippen LogP contribution in [-0.4, -0.2) is 37.6 Å². The average Bonchev–Trinajstić information content (AvgIpc) is 2.35. The van der Waals surface area contributed by atoms with Crippen LogP contribution >= 0.6 is 0 Å². The second-order valence-corrected chi connectivity index (χ2v) is 3.67. The number of hydrogen-bond donors (Lipinski definition) is 4. The molecule has 0 saturated carbocycles. The van der Waals surface area contributed by atoms with Crippen LogP contribution in [0, 0.1) is 5.41 Å². The first-order valence-electron chi connectivity index (χ1n) is 5.51. The maximum atomic E-state index is 11.1. The number of carbonyl (C=O) groups is 1. The minimum Gasteiger partial charge on any atom is -0.402 e. The summed E-state index contributed by atoms with van der Waals surface area (Å²) in [5, 5.41) is 12.6. The molecule has 0 aromatic carbocycles. The minimum absolute atomic E-state index is 0.00451. The summed E-state index contributed by atoms with van der Waals surface area (Å²) in [6.45, 7) is 2.00. The molecule has 1 amide bonds. The summed E-state index contributed by atoms with van der Waals surface area (Å²) in [6, 6.07) is 0. The van der Waals surface area contributed by atoms with E-state index in [1.165, 1.54) is 6.21 Å². The number of amides is 1. The Balaban J connectivity index is 4.23. The van der Waals surface area contributed by atoms with E-state index in [4.69, 9.17) is 22.4 Å². The van der Waals surface area contributed by atoms with Crippen LogP contribution in [0.3, 0.4) is 0 Å². The lowest BCUT2D eigenvalue weighted by molar-refractivity contribution is -0.120. The lowest BCUT2D eigenvalue weighted by Crippen LogP contribution is -2.43. The van der Waals surface area contributed by atoms with Crippen LogP contribution in [0.1, 0.15) is 13.3 Å².